The minimum atomic E-state index is -0.818. The van der Waals surface area contributed by atoms with Crippen molar-refractivity contribution in [3.05, 3.63) is 80.4 Å². The summed E-state index contributed by atoms with van der Waals surface area (Å²) in [5, 5.41) is 7.27. The summed E-state index contributed by atoms with van der Waals surface area (Å²) in [6.45, 7) is 3.63. The zero-order valence-corrected chi connectivity index (χ0v) is 20.3. The van der Waals surface area contributed by atoms with Gasteiger partial charge in [0.2, 0.25) is 0 Å². The fraction of sp³-hybridized carbons (Fsp3) is 0.174. The highest BCUT2D eigenvalue weighted by molar-refractivity contribution is 9.10. The SMILES string of the molecule is CC(C)C(NC(=O)c1ccc(Cl)cc1Cl)C(=O)NN=Cc1ccc(-c2ccc(Br)cc2)o1. The maximum atomic E-state index is 12.6. The van der Waals surface area contributed by atoms with Crippen molar-refractivity contribution in [3.8, 4) is 11.3 Å². The van der Waals surface area contributed by atoms with E-state index in [9.17, 15) is 9.59 Å². The Morgan fingerprint density at radius 2 is 1.78 bits per heavy atom. The van der Waals surface area contributed by atoms with Crippen molar-refractivity contribution in [3.63, 3.8) is 0 Å². The fourth-order valence-electron chi connectivity index (χ4n) is 2.85. The van der Waals surface area contributed by atoms with E-state index in [1.54, 1.807) is 12.1 Å². The Labute approximate surface area is 204 Å². The zero-order chi connectivity index (χ0) is 23.3. The molecule has 1 heterocycles. The molecule has 0 saturated carbocycles. The molecule has 0 aliphatic rings. The molecule has 6 nitrogen and oxygen atoms in total. The van der Waals surface area contributed by atoms with Crippen LogP contribution in [0, 0.1) is 5.92 Å². The first-order valence-corrected chi connectivity index (χ1v) is 11.2. The Morgan fingerprint density at radius 3 is 2.44 bits per heavy atom. The van der Waals surface area contributed by atoms with Gasteiger partial charge in [0.15, 0.2) is 0 Å². The predicted octanol–water partition coefficient (Wildman–Crippen LogP) is 5.92. The van der Waals surface area contributed by atoms with Crippen LogP contribution in [0.2, 0.25) is 10.0 Å². The maximum absolute atomic E-state index is 12.6. The molecule has 0 fully saturated rings. The molecule has 2 amide bonds. The van der Waals surface area contributed by atoms with Gasteiger partial charge in [-0.15, -0.1) is 0 Å². The van der Waals surface area contributed by atoms with Crippen LogP contribution in [0.5, 0.6) is 0 Å². The molecule has 0 aliphatic carbocycles. The molecular weight excluding hydrogens is 517 g/mol. The number of hydrogen-bond donors (Lipinski definition) is 2. The number of hydrazone groups is 1. The number of nitrogens with zero attached hydrogens (tertiary/aromatic N) is 1. The quantitative estimate of drug-likeness (QED) is 0.290. The van der Waals surface area contributed by atoms with Gasteiger partial charge < -0.3 is 9.73 Å². The largest absolute Gasteiger partial charge is 0.455 e. The van der Waals surface area contributed by atoms with Crippen LogP contribution in [0.25, 0.3) is 11.3 Å². The van der Waals surface area contributed by atoms with Gasteiger partial charge in [-0.3, -0.25) is 9.59 Å². The number of amides is 2. The minimum absolute atomic E-state index is 0.187. The van der Waals surface area contributed by atoms with Crippen LogP contribution < -0.4 is 10.7 Å². The van der Waals surface area contributed by atoms with Crippen molar-refractivity contribution in [2.75, 3.05) is 0 Å². The van der Waals surface area contributed by atoms with Crippen LogP contribution in [0.4, 0.5) is 0 Å². The van der Waals surface area contributed by atoms with E-state index in [0.29, 0.717) is 16.5 Å². The summed E-state index contributed by atoms with van der Waals surface area (Å²) in [7, 11) is 0. The first-order chi connectivity index (χ1) is 15.2. The summed E-state index contributed by atoms with van der Waals surface area (Å²) in [4.78, 5) is 25.2. The first kappa shape index (κ1) is 24.0. The van der Waals surface area contributed by atoms with E-state index in [1.165, 1.54) is 18.3 Å². The van der Waals surface area contributed by atoms with Gasteiger partial charge in [0.05, 0.1) is 16.8 Å². The second-order valence-corrected chi connectivity index (χ2v) is 9.02. The summed E-state index contributed by atoms with van der Waals surface area (Å²) in [6.07, 6.45) is 1.40. The number of halogens is 3. The molecule has 0 aliphatic heterocycles. The third kappa shape index (κ3) is 6.22. The standard InChI is InChI=1S/C23H20BrCl2N3O3/c1-13(2)21(28-22(30)18-9-7-16(25)11-19(18)26)23(31)29-27-12-17-8-10-20(32-17)14-3-5-15(24)6-4-14/h3-13,21H,1-2H3,(H,28,30)(H,29,31). The van der Waals surface area contributed by atoms with Gasteiger partial charge in [0.25, 0.3) is 11.8 Å². The lowest BCUT2D eigenvalue weighted by Crippen LogP contribution is -2.48. The van der Waals surface area contributed by atoms with Crippen molar-refractivity contribution in [1.82, 2.24) is 10.7 Å². The van der Waals surface area contributed by atoms with Crippen LogP contribution in [0.1, 0.15) is 30.0 Å². The number of rotatable bonds is 7. The van der Waals surface area contributed by atoms with Gasteiger partial charge in [0.1, 0.15) is 17.6 Å². The number of carbonyl (C=O) groups is 2. The second kappa shape index (κ2) is 10.8. The molecule has 2 N–H and O–H groups in total. The molecule has 166 valence electrons. The van der Waals surface area contributed by atoms with Gasteiger partial charge in [-0.2, -0.15) is 5.10 Å². The third-order valence-corrected chi connectivity index (χ3v) is 5.61. The van der Waals surface area contributed by atoms with E-state index in [0.717, 1.165) is 10.0 Å². The van der Waals surface area contributed by atoms with E-state index in [2.05, 4.69) is 31.8 Å². The van der Waals surface area contributed by atoms with Gasteiger partial charge in [-0.25, -0.2) is 5.43 Å². The Kier molecular flexibility index (Phi) is 8.12. The summed E-state index contributed by atoms with van der Waals surface area (Å²) in [5.41, 5.74) is 3.59. The summed E-state index contributed by atoms with van der Waals surface area (Å²) >= 11 is 15.4. The topological polar surface area (TPSA) is 83.7 Å². The highest BCUT2D eigenvalue weighted by atomic mass is 79.9. The Bertz CT molecular complexity index is 1140. The fourth-order valence-corrected chi connectivity index (χ4v) is 3.61. The molecule has 1 aromatic heterocycles. The maximum Gasteiger partial charge on any atom is 0.262 e. The van der Waals surface area contributed by atoms with Crippen molar-refractivity contribution in [2.24, 2.45) is 11.0 Å². The number of benzene rings is 2. The van der Waals surface area contributed by atoms with Crippen molar-refractivity contribution < 1.29 is 14.0 Å². The molecule has 0 bridgehead atoms. The van der Waals surface area contributed by atoms with Gasteiger partial charge in [-0.1, -0.05) is 65.1 Å². The molecular formula is C23H20BrCl2N3O3. The van der Waals surface area contributed by atoms with E-state index >= 15 is 0 Å². The lowest BCUT2D eigenvalue weighted by Gasteiger charge is -2.20. The number of nitrogens with one attached hydrogen (secondary N) is 2. The highest BCUT2D eigenvalue weighted by Gasteiger charge is 2.25. The molecule has 32 heavy (non-hydrogen) atoms. The smallest absolute Gasteiger partial charge is 0.262 e. The van der Waals surface area contributed by atoms with E-state index in [-0.39, 0.29) is 16.5 Å². The van der Waals surface area contributed by atoms with Gasteiger partial charge >= 0.3 is 0 Å². The summed E-state index contributed by atoms with van der Waals surface area (Å²) in [5.74, 6) is 0.0237. The molecule has 1 unspecified atom stereocenters. The van der Waals surface area contributed by atoms with E-state index in [1.807, 2.05) is 44.2 Å². The van der Waals surface area contributed by atoms with Gasteiger partial charge in [0, 0.05) is 15.1 Å². The zero-order valence-electron chi connectivity index (χ0n) is 17.2. The van der Waals surface area contributed by atoms with Crippen LogP contribution in [0.15, 0.2) is 68.6 Å². The molecule has 0 spiro atoms. The minimum Gasteiger partial charge on any atom is -0.455 e. The molecule has 3 rings (SSSR count). The molecule has 0 radical (unpaired) electrons. The first-order valence-electron chi connectivity index (χ1n) is 9.69. The Balaban J connectivity index is 1.63. The molecule has 9 heteroatoms. The number of carbonyl (C=O) groups excluding carboxylic acids is 2. The molecule has 3 aromatic rings. The third-order valence-electron chi connectivity index (χ3n) is 4.53. The second-order valence-electron chi connectivity index (χ2n) is 7.26. The Morgan fingerprint density at radius 1 is 1.06 bits per heavy atom. The molecule has 1 atom stereocenters. The van der Waals surface area contributed by atoms with Crippen LogP contribution >= 0.6 is 39.1 Å². The monoisotopic (exact) mass is 535 g/mol. The highest BCUT2D eigenvalue weighted by Crippen LogP contribution is 2.23. The van der Waals surface area contributed by atoms with Crippen LogP contribution in [-0.2, 0) is 4.79 Å². The van der Waals surface area contributed by atoms with Crippen molar-refractivity contribution >= 4 is 57.2 Å². The Hall–Kier alpha value is -2.61. The predicted molar refractivity (Wildman–Crippen MR) is 130 cm³/mol. The van der Waals surface area contributed by atoms with Crippen LogP contribution in [0.3, 0.4) is 0 Å². The van der Waals surface area contributed by atoms with Gasteiger partial charge in [-0.05, 0) is 48.4 Å². The van der Waals surface area contributed by atoms with E-state index in [4.69, 9.17) is 27.6 Å². The van der Waals surface area contributed by atoms with Crippen LogP contribution in [-0.4, -0.2) is 24.1 Å². The van der Waals surface area contributed by atoms with Crippen molar-refractivity contribution in [1.29, 1.82) is 0 Å². The molecule has 2 aromatic carbocycles. The average Bonchev–Trinajstić information content (AvgIpc) is 3.21. The lowest BCUT2D eigenvalue weighted by molar-refractivity contribution is -0.123. The van der Waals surface area contributed by atoms with E-state index < -0.39 is 17.9 Å². The van der Waals surface area contributed by atoms with Crippen molar-refractivity contribution in [2.45, 2.75) is 19.9 Å². The number of hydrogen-bond acceptors (Lipinski definition) is 4. The number of furan rings is 1. The lowest BCUT2D eigenvalue weighted by atomic mass is 10.0. The normalized spacial score (nSPS) is 12.2. The average molecular weight is 537 g/mol. The molecule has 0 saturated heterocycles. The summed E-state index contributed by atoms with van der Waals surface area (Å²) in [6, 6.07) is 15.0. The summed E-state index contributed by atoms with van der Waals surface area (Å²) < 4.78 is 6.71.